The van der Waals surface area contributed by atoms with E-state index >= 15 is 0 Å². The lowest BCUT2D eigenvalue weighted by atomic mass is 10.1. The van der Waals surface area contributed by atoms with Crippen LogP contribution in [0.1, 0.15) is 28.6 Å². The van der Waals surface area contributed by atoms with Crippen molar-refractivity contribution in [2.24, 2.45) is 0 Å². The molecule has 2 heterocycles. The molecule has 4 amide bonds. The lowest BCUT2D eigenvalue weighted by Crippen LogP contribution is -2.54. The van der Waals surface area contributed by atoms with Crippen molar-refractivity contribution in [1.29, 1.82) is 0 Å². The number of carbonyl (C=O) groups is 4. The van der Waals surface area contributed by atoms with Crippen molar-refractivity contribution in [2.45, 2.75) is 13.3 Å². The molecule has 1 aliphatic heterocycles. The van der Waals surface area contributed by atoms with Gasteiger partial charge in [0, 0.05) is 5.56 Å². The molecule has 1 saturated heterocycles. The first kappa shape index (κ1) is 20.8. The Morgan fingerprint density at radius 3 is 2.50 bits per heavy atom. The van der Waals surface area contributed by atoms with Crippen LogP contribution in [0.2, 0.25) is 0 Å². The number of carbonyl (C=O) groups excluding carboxylic acids is 3. The SMILES string of the molecule is CCc1ccc(N2C(=O)NC(=O)/C(=C\c3ccc(-c4cccc(C(=O)O)c4)o3)C2=O)cc1. The molecule has 0 spiro atoms. The Morgan fingerprint density at radius 2 is 1.81 bits per heavy atom. The highest BCUT2D eigenvalue weighted by molar-refractivity contribution is 6.39. The van der Waals surface area contributed by atoms with Gasteiger partial charge in [0.05, 0.1) is 11.3 Å². The molecule has 1 aliphatic rings. The summed E-state index contributed by atoms with van der Waals surface area (Å²) in [5.74, 6) is -2.09. The molecule has 2 N–H and O–H groups in total. The zero-order chi connectivity index (χ0) is 22.8. The number of carboxylic acids is 1. The smallest absolute Gasteiger partial charge is 0.335 e. The second kappa shape index (κ2) is 8.35. The highest BCUT2D eigenvalue weighted by Crippen LogP contribution is 2.26. The number of aryl methyl sites for hydroxylation is 1. The molecule has 0 unspecified atom stereocenters. The van der Waals surface area contributed by atoms with Crippen molar-refractivity contribution in [1.82, 2.24) is 5.32 Å². The van der Waals surface area contributed by atoms with Gasteiger partial charge >= 0.3 is 12.0 Å². The molecular weight excluding hydrogens is 412 g/mol. The Balaban J connectivity index is 1.65. The van der Waals surface area contributed by atoms with E-state index in [1.165, 1.54) is 18.2 Å². The van der Waals surface area contributed by atoms with Crippen molar-refractivity contribution >= 4 is 35.6 Å². The van der Waals surface area contributed by atoms with Crippen LogP contribution in [-0.4, -0.2) is 28.9 Å². The highest BCUT2D eigenvalue weighted by atomic mass is 16.4. The molecule has 0 aliphatic carbocycles. The maximum absolute atomic E-state index is 13.0. The minimum Gasteiger partial charge on any atom is -0.478 e. The van der Waals surface area contributed by atoms with Crippen LogP contribution in [0.5, 0.6) is 0 Å². The van der Waals surface area contributed by atoms with Crippen LogP contribution < -0.4 is 10.2 Å². The fraction of sp³-hybridized carbons (Fsp3) is 0.0833. The second-order valence-electron chi connectivity index (χ2n) is 7.07. The number of urea groups is 1. The van der Waals surface area contributed by atoms with E-state index in [1.54, 1.807) is 48.5 Å². The van der Waals surface area contributed by atoms with E-state index < -0.39 is 23.8 Å². The van der Waals surface area contributed by atoms with E-state index in [2.05, 4.69) is 5.32 Å². The number of anilines is 1. The predicted octanol–water partition coefficient (Wildman–Crippen LogP) is 3.87. The average molecular weight is 430 g/mol. The number of imide groups is 2. The number of hydrogen-bond acceptors (Lipinski definition) is 5. The second-order valence-corrected chi connectivity index (χ2v) is 7.07. The van der Waals surface area contributed by atoms with Gasteiger partial charge in [-0.15, -0.1) is 0 Å². The molecular formula is C24H18N2O6. The van der Waals surface area contributed by atoms with E-state index in [4.69, 9.17) is 9.52 Å². The first-order chi connectivity index (χ1) is 15.4. The number of benzene rings is 2. The monoisotopic (exact) mass is 430 g/mol. The number of hydrogen-bond donors (Lipinski definition) is 2. The van der Waals surface area contributed by atoms with Gasteiger partial charge in [0.2, 0.25) is 0 Å². The van der Waals surface area contributed by atoms with E-state index in [0.29, 0.717) is 17.0 Å². The number of nitrogens with zero attached hydrogens (tertiary/aromatic N) is 1. The third-order valence-electron chi connectivity index (χ3n) is 5.01. The van der Waals surface area contributed by atoms with E-state index in [0.717, 1.165) is 16.9 Å². The Hall–Kier alpha value is -4.46. The largest absolute Gasteiger partial charge is 0.478 e. The summed E-state index contributed by atoms with van der Waals surface area (Å²) < 4.78 is 5.70. The summed E-state index contributed by atoms with van der Waals surface area (Å²) >= 11 is 0. The predicted molar refractivity (Wildman–Crippen MR) is 116 cm³/mol. The van der Waals surface area contributed by atoms with Crippen LogP contribution in [-0.2, 0) is 16.0 Å². The number of rotatable bonds is 5. The normalized spacial score (nSPS) is 15.2. The van der Waals surface area contributed by atoms with Crippen molar-refractivity contribution in [2.75, 3.05) is 4.90 Å². The fourth-order valence-electron chi connectivity index (χ4n) is 3.31. The zero-order valence-corrected chi connectivity index (χ0v) is 17.0. The minimum absolute atomic E-state index is 0.101. The fourth-order valence-corrected chi connectivity index (χ4v) is 3.31. The van der Waals surface area contributed by atoms with Gasteiger partial charge in [0.25, 0.3) is 11.8 Å². The summed E-state index contributed by atoms with van der Waals surface area (Å²) in [5, 5.41) is 11.3. The summed E-state index contributed by atoms with van der Waals surface area (Å²) in [4.78, 5) is 49.7. The number of amides is 4. The van der Waals surface area contributed by atoms with Crippen LogP contribution in [0.4, 0.5) is 10.5 Å². The van der Waals surface area contributed by atoms with Crippen molar-refractivity contribution in [3.05, 3.63) is 83.1 Å². The van der Waals surface area contributed by atoms with E-state index in [9.17, 15) is 19.2 Å². The van der Waals surface area contributed by atoms with Crippen LogP contribution >= 0.6 is 0 Å². The molecule has 0 saturated carbocycles. The number of furan rings is 1. The van der Waals surface area contributed by atoms with Crippen molar-refractivity contribution in [3.8, 4) is 11.3 Å². The van der Waals surface area contributed by atoms with Crippen molar-refractivity contribution < 1.29 is 28.7 Å². The van der Waals surface area contributed by atoms with Crippen LogP contribution in [0.25, 0.3) is 17.4 Å². The molecule has 0 bridgehead atoms. The molecule has 1 aromatic heterocycles. The van der Waals surface area contributed by atoms with Crippen LogP contribution in [0.3, 0.4) is 0 Å². The van der Waals surface area contributed by atoms with Gasteiger partial charge < -0.3 is 9.52 Å². The molecule has 8 nitrogen and oxygen atoms in total. The molecule has 2 aromatic carbocycles. The lowest BCUT2D eigenvalue weighted by molar-refractivity contribution is -0.122. The first-order valence-corrected chi connectivity index (χ1v) is 9.81. The molecule has 0 radical (unpaired) electrons. The average Bonchev–Trinajstić information content (AvgIpc) is 3.26. The van der Waals surface area contributed by atoms with Gasteiger partial charge in [-0.1, -0.05) is 31.2 Å². The maximum Gasteiger partial charge on any atom is 0.335 e. The van der Waals surface area contributed by atoms with Gasteiger partial charge in [0.15, 0.2) is 0 Å². The Labute approximate surface area is 182 Å². The molecule has 0 atom stereocenters. The number of carboxylic acid groups (broad SMARTS) is 1. The topological polar surface area (TPSA) is 117 Å². The quantitative estimate of drug-likeness (QED) is 0.469. The van der Waals surface area contributed by atoms with Crippen LogP contribution in [0.15, 0.2) is 70.7 Å². The van der Waals surface area contributed by atoms with Gasteiger partial charge in [-0.3, -0.25) is 14.9 Å². The Kier molecular flexibility index (Phi) is 5.43. The van der Waals surface area contributed by atoms with Gasteiger partial charge in [-0.05, 0) is 54.5 Å². The number of aromatic carboxylic acids is 1. The van der Waals surface area contributed by atoms with E-state index in [1.807, 2.05) is 6.92 Å². The summed E-state index contributed by atoms with van der Waals surface area (Å²) in [6, 6.07) is 15.4. The lowest BCUT2D eigenvalue weighted by Gasteiger charge is -2.26. The Bertz CT molecular complexity index is 1270. The number of nitrogens with one attached hydrogen (secondary N) is 1. The Morgan fingerprint density at radius 1 is 1.06 bits per heavy atom. The standard InChI is InChI=1S/C24H18N2O6/c1-2-14-6-8-17(9-7-14)26-22(28)19(21(27)25-24(26)31)13-18-10-11-20(32-18)15-4-3-5-16(12-15)23(29)30/h3-13H,2H2,1H3,(H,29,30)(H,25,27,31)/b19-13+. The first-order valence-electron chi connectivity index (χ1n) is 9.81. The molecule has 8 heteroatoms. The third kappa shape index (κ3) is 3.93. The summed E-state index contributed by atoms with van der Waals surface area (Å²) in [5.41, 5.74) is 1.75. The minimum atomic E-state index is -1.07. The van der Waals surface area contributed by atoms with Gasteiger partial charge in [-0.25, -0.2) is 14.5 Å². The summed E-state index contributed by atoms with van der Waals surface area (Å²) in [6.07, 6.45) is 2.06. The zero-order valence-electron chi connectivity index (χ0n) is 17.0. The highest BCUT2D eigenvalue weighted by Gasteiger charge is 2.37. The molecule has 1 fully saturated rings. The van der Waals surface area contributed by atoms with Gasteiger partial charge in [0.1, 0.15) is 17.1 Å². The summed E-state index contributed by atoms with van der Waals surface area (Å²) in [7, 11) is 0. The third-order valence-corrected chi connectivity index (χ3v) is 5.01. The number of barbiturate groups is 1. The maximum atomic E-state index is 13.0. The van der Waals surface area contributed by atoms with Crippen LogP contribution in [0, 0.1) is 0 Å². The molecule has 4 rings (SSSR count). The van der Waals surface area contributed by atoms with Crippen molar-refractivity contribution in [3.63, 3.8) is 0 Å². The molecule has 3 aromatic rings. The molecule has 160 valence electrons. The summed E-state index contributed by atoms with van der Waals surface area (Å²) in [6.45, 7) is 1.99. The van der Waals surface area contributed by atoms with Gasteiger partial charge in [-0.2, -0.15) is 0 Å². The van der Waals surface area contributed by atoms with E-state index in [-0.39, 0.29) is 16.9 Å². The molecule has 32 heavy (non-hydrogen) atoms.